The summed E-state index contributed by atoms with van der Waals surface area (Å²) >= 11 is 0. The van der Waals surface area contributed by atoms with Crippen LogP contribution in [0.1, 0.15) is 6.85 Å². The maximum Gasteiger partial charge on any atom is 0.164 e. The molecule has 0 unspecified atom stereocenters. The van der Waals surface area contributed by atoms with Crippen LogP contribution >= 0.6 is 0 Å². The van der Waals surface area contributed by atoms with E-state index in [1.165, 1.54) is 0 Å². The van der Waals surface area contributed by atoms with Crippen LogP contribution < -0.4 is 0 Å². The van der Waals surface area contributed by atoms with Crippen LogP contribution in [0.4, 0.5) is 0 Å². The van der Waals surface area contributed by atoms with E-state index in [-0.39, 0.29) is 29.7 Å². The van der Waals surface area contributed by atoms with Crippen LogP contribution in [-0.2, 0) is 0 Å². The SMILES string of the molecule is [2H]c1c([2H])c([2H])c(-c2ccc(-c3nc(-c4ccc(-c5ccccc5)cc4)nc(-c4cccc5oc6ccc(-c7ccccc7)cc6c45)n3)cc2)c([2H])c1[2H]. The Morgan fingerprint density at radius 1 is 0.388 bits per heavy atom. The van der Waals surface area contributed by atoms with Crippen molar-refractivity contribution in [3.63, 3.8) is 0 Å². The van der Waals surface area contributed by atoms with Gasteiger partial charge in [0.1, 0.15) is 11.2 Å². The summed E-state index contributed by atoms with van der Waals surface area (Å²) in [5.74, 6) is 1.37. The van der Waals surface area contributed by atoms with Gasteiger partial charge in [-0.05, 0) is 51.6 Å². The highest BCUT2D eigenvalue weighted by Crippen LogP contribution is 2.38. The third-order valence-electron chi connectivity index (χ3n) is 8.66. The summed E-state index contributed by atoms with van der Waals surface area (Å²) in [4.78, 5) is 15.1. The molecule has 230 valence electrons. The van der Waals surface area contributed by atoms with E-state index in [2.05, 4.69) is 48.5 Å². The van der Waals surface area contributed by atoms with E-state index in [4.69, 9.17) is 26.2 Å². The molecular formula is C45H29N3O. The number of fused-ring (bicyclic) bond motifs is 3. The number of hydrogen-bond donors (Lipinski definition) is 0. The quantitative estimate of drug-likeness (QED) is 0.183. The molecule has 0 fully saturated rings. The lowest BCUT2D eigenvalue weighted by Crippen LogP contribution is -2.00. The van der Waals surface area contributed by atoms with E-state index in [9.17, 15) is 0 Å². The first-order chi connectivity index (χ1) is 26.3. The number of benzene rings is 7. The second-order valence-corrected chi connectivity index (χ2v) is 11.7. The van der Waals surface area contributed by atoms with Crippen molar-refractivity contribution >= 4 is 21.9 Å². The maximum atomic E-state index is 8.47. The molecule has 0 saturated carbocycles. The largest absolute Gasteiger partial charge is 0.456 e. The Kier molecular flexibility index (Phi) is 5.87. The average molecular weight is 633 g/mol. The smallest absolute Gasteiger partial charge is 0.164 e. The summed E-state index contributed by atoms with van der Waals surface area (Å²) < 4.78 is 47.6. The minimum absolute atomic E-state index is 0.136. The van der Waals surface area contributed by atoms with Crippen LogP contribution in [0.2, 0.25) is 0 Å². The van der Waals surface area contributed by atoms with E-state index in [1.807, 2.05) is 72.8 Å². The Morgan fingerprint density at radius 3 is 1.53 bits per heavy atom. The third-order valence-corrected chi connectivity index (χ3v) is 8.66. The summed E-state index contributed by atoms with van der Waals surface area (Å²) in [7, 11) is 0. The first-order valence-electron chi connectivity index (χ1n) is 18.4. The lowest BCUT2D eigenvalue weighted by atomic mass is 10.0. The van der Waals surface area contributed by atoms with Crippen molar-refractivity contribution in [3.8, 4) is 67.5 Å². The Morgan fingerprint density at radius 2 is 0.898 bits per heavy atom. The molecule has 0 amide bonds. The third kappa shape index (κ3) is 5.45. The standard InChI is InChI=1S/C45H29N3O/c1-4-11-30(12-5-1)33-19-23-35(24-20-33)43-46-44(36-25-21-34(22-26-36)31-13-6-2-7-14-31)48-45(47-43)38-17-10-18-41-42(38)39-29-37(27-28-40(39)49-41)32-15-8-3-9-16-32/h1-29H/i1D,4D,5D,11D,12D. The van der Waals surface area contributed by atoms with Crippen LogP contribution in [0, 0.1) is 0 Å². The molecule has 0 bridgehead atoms. The van der Waals surface area contributed by atoms with E-state index < -0.39 is 6.04 Å². The van der Waals surface area contributed by atoms with Gasteiger partial charge in [0.25, 0.3) is 0 Å². The molecule has 0 aliphatic carbocycles. The van der Waals surface area contributed by atoms with E-state index >= 15 is 0 Å². The van der Waals surface area contributed by atoms with Gasteiger partial charge in [0, 0.05) is 27.5 Å². The van der Waals surface area contributed by atoms with Gasteiger partial charge in [0.15, 0.2) is 17.5 Å². The molecule has 0 saturated heterocycles. The molecule has 4 heteroatoms. The van der Waals surface area contributed by atoms with Crippen molar-refractivity contribution in [1.82, 2.24) is 15.0 Å². The molecule has 7 aromatic carbocycles. The number of rotatable bonds is 6. The van der Waals surface area contributed by atoms with E-state index in [1.54, 1.807) is 24.3 Å². The first-order valence-corrected chi connectivity index (χ1v) is 15.9. The molecule has 0 atom stereocenters. The zero-order valence-corrected chi connectivity index (χ0v) is 26.1. The van der Waals surface area contributed by atoms with Gasteiger partial charge in [-0.2, -0.15) is 0 Å². The van der Waals surface area contributed by atoms with Gasteiger partial charge in [0.05, 0.1) is 6.85 Å². The van der Waals surface area contributed by atoms with Crippen molar-refractivity contribution in [1.29, 1.82) is 0 Å². The van der Waals surface area contributed by atoms with Crippen molar-refractivity contribution in [2.75, 3.05) is 0 Å². The highest BCUT2D eigenvalue weighted by molar-refractivity contribution is 6.12. The zero-order chi connectivity index (χ0) is 36.9. The minimum atomic E-state index is -0.427. The van der Waals surface area contributed by atoms with Crippen molar-refractivity contribution in [2.45, 2.75) is 0 Å². The Labute approximate surface area is 291 Å². The monoisotopic (exact) mass is 632 g/mol. The fourth-order valence-electron chi connectivity index (χ4n) is 6.20. The Balaban J connectivity index is 1.21. The molecule has 0 radical (unpaired) electrons. The maximum absolute atomic E-state index is 8.47. The van der Waals surface area contributed by atoms with Crippen molar-refractivity contribution in [2.24, 2.45) is 0 Å². The molecule has 4 nitrogen and oxygen atoms in total. The van der Waals surface area contributed by atoms with Crippen molar-refractivity contribution in [3.05, 3.63) is 176 Å². The molecule has 0 spiro atoms. The van der Waals surface area contributed by atoms with Gasteiger partial charge in [0.2, 0.25) is 0 Å². The molecule has 2 aromatic heterocycles. The molecular weight excluding hydrogens is 599 g/mol. The molecule has 0 aliphatic rings. The highest BCUT2D eigenvalue weighted by atomic mass is 16.3. The lowest BCUT2D eigenvalue weighted by molar-refractivity contribution is 0.669. The van der Waals surface area contributed by atoms with Gasteiger partial charge in [-0.1, -0.05) is 158 Å². The lowest BCUT2D eigenvalue weighted by Gasteiger charge is -2.10. The molecule has 9 rings (SSSR count). The van der Waals surface area contributed by atoms with E-state index in [0.717, 1.165) is 49.7 Å². The molecule has 0 N–H and O–H groups in total. The molecule has 9 aromatic rings. The number of aromatic nitrogens is 3. The molecule has 2 heterocycles. The van der Waals surface area contributed by atoms with Crippen LogP contribution in [0.15, 0.2) is 180 Å². The van der Waals surface area contributed by atoms with Crippen molar-refractivity contribution < 1.29 is 11.3 Å². The summed E-state index contributed by atoms with van der Waals surface area (Å²) in [6, 6.07) is 46.0. The van der Waals surface area contributed by atoms with Crippen LogP contribution in [0.5, 0.6) is 0 Å². The summed E-state index contributed by atoms with van der Waals surface area (Å²) in [5.41, 5.74) is 8.71. The summed E-state index contributed by atoms with van der Waals surface area (Å²) in [5, 5.41) is 1.84. The Hall–Kier alpha value is -6.65. The van der Waals surface area contributed by atoms with Gasteiger partial charge in [-0.15, -0.1) is 0 Å². The van der Waals surface area contributed by atoms with E-state index in [0.29, 0.717) is 34.2 Å². The molecule has 49 heavy (non-hydrogen) atoms. The number of hydrogen-bond acceptors (Lipinski definition) is 4. The van der Waals surface area contributed by atoms with Crippen LogP contribution in [0.3, 0.4) is 0 Å². The number of furan rings is 1. The van der Waals surface area contributed by atoms with Gasteiger partial charge in [-0.25, -0.2) is 15.0 Å². The fourth-order valence-corrected chi connectivity index (χ4v) is 6.20. The van der Waals surface area contributed by atoms with Gasteiger partial charge >= 0.3 is 0 Å². The first kappa shape index (κ1) is 23.6. The summed E-state index contributed by atoms with van der Waals surface area (Å²) in [6.07, 6.45) is 0. The number of nitrogens with zero attached hydrogens (tertiary/aromatic N) is 3. The topological polar surface area (TPSA) is 51.8 Å². The van der Waals surface area contributed by atoms with Gasteiger partial charge < -0.3 is 4.42 Å². The average Bonchev–Trinajstić information content (AvgIpc) is 3.61. The predicted molar refractivity (Wildman–Crippen MR) is 200 cm³/mol. The second-order valence-electron chi connectivity index (χ2n) is 11.7. The minimum Gasteiger partial charge on any atom is -0.456 e. The highest BCUT2D eigenvalue weighted by Gasteiger charge is 2.18. The molecule has 0 aliphatic heterocycles. The fraction of sp³-hybridized carbons (Fsp3) is 0. The Bertz CT molecular complexity index is 2830. The normalized spacial score (nSPS) is 12.7. The van der Waals surface area contributed by atoms with Gasteiger partial charge in [-0.3, -0.25) is 0 Å². The van der Waals surface area contributed by atoms with Crippen LogP contribution in [0.25, 0.3) is 89.5 Å². The predicted octanol–water partition coefficient (Wildman–Crippen LogP) is 11.8. The van der Waals surface area contributed by atoms with Crippen LogP contribution in [-0.4, -0.2) is 15.0 Å². The summed E-state index contributed by atoms with van der Waals surface area (Å²) in [6.45, 7) is 0. The second kappa shape index (κ2) is 12.2. The zero-order valence-electron chi connectivity index (χ0n) is 31.1.